The average molecular weight is 488 g/mol. The molecular formula is C35H23N2O+. The molecule has 0 fully saturated rings. The van der Waals surface area contributed by atoms with E-state index in [2.05, 4.69) is 126 Å². The summed E-state index contributed by atoms with van der Waals surface area (Å²) in [7, 11) is 0. The number of allylic oxidation sites excluding steroid dienone is 2. The lowest BCUT2D eigenvalue weighted by molar-refractivity contribution is 0.303. The number of nitrogens with zero attached hydrogens (tertiary/aromatic N) is 2. The Balaban J connectivity index is 1.49. The van der Waals surface area contributed by atoms with Gasteiger partial charge in [0.05, 0.1) is 5.69 Å². The molecule has 0 radical (unpaired) electrons. The van der Waals surface area contributed by atoms with Gasteiger partial charge in [0, 0.05) is 41.6 Å². The number of para-hydroxylation sites is 1. The van der Waals surface area contributed by atoms with Gasteiger partial charge in [-0.2, -0.15) is 4.58 Å². The van der Waals surface area contributed by atoms with Crippen molar-refractivity contribution in [1.82, 2.24) is 9.56 Å². The van der Waals surface area contributed by atoms with Gasteiger partial charge in [-0.15, -0.1) is 0 Å². The van der Waals surface area contributed by atoms with Gasteiger partial charge in [0.25, 0.3) is 5.69 Å². The highest BCUT2D eigenvalue weighted by Crippen LogP contribution is 2.50. The molecule has 3 heteroatoms. The fourth-order valence-corrected chi connectivity index (χ4v) is 5.95. The number of hydrogen-bond donors (Lipinski definition) is 0. The molecule has 2 aliphatic carbocycles. The fourth-order valence-electron chi connectivity index (χ4n) is 5.95. The first-order valence-corrected chi connectivity index (χ1v) is 12.9. The van der Waals surface area contributed by atoms with Gasteiger partial charge in [-0.05, 0) is 46.0 Å². The molecule has 1 unspecified atom stereocenters. The summed E-state index contributed by atoms with van der Waals surface area (Å²) in [6.45, 7) is 0. The zero-order valence-corrected chi connectivity index (χ0v) is 20.6. The van der Waals surface area contributed by atoms with Crippen LogP contribution in [0.1, 0.15) is 0 Å². The minimum absolute atomic E-state index is 0.157. The minimum Gasteiger partial charge on any atom is -0.468 e. The first kappa shape index (κ1) is 21.1. The van der Waals surface area contributed by atoms with Crippen molar-refractivity contribution in [3.8, 4) is 50.4 Å². The van der Waals surface area contributed by atoms with Gasteiger partial charge in [0.2, 0.25) is 17.5 Å². The van der Waals surface area contributed by atoms with Crippen LogP contribution in [0.15, 0.2) is 134 Å². The molecule has 0 saturated carbocycles. The van der Waals surface area contributed by atoms with Gasteiger partial charge in [-0.1, -0.05) is 84.9 Å². The molecule has 4 aromatic carbocycles. The number of fused-ring (bicyclic) bond motifs is 10. The molecule has 1 aromatic heterocycles. The third-order valence-corrected chi connectivity index (χ3v) is 7.61. The zero-order valence-electron chi connectivity index (χ0n) is 20.6. The normalized spacial score (nSPS) is 16.1. The van der Waals surface area contributed by atoms with Crippen LogP contribution in [-0.2, 0) is 0 Å². The van der Waals surface area contributed by atoms with Crippen molar-refractivity contribution in [2.75, 3.05) is 0 Å². The summed E-state index contributed by atoms with van der Waals surface area (Å²) in [5.74, 6) is 0.851. The van der Waals surface area contributed by atoms with E-state index in [0.29, 0.717) is 0 Å². The molecule has 38 heavy (non-hydrogen) atoms. The van der Waals surface area contributed by atoms with E-state index in [4.69, 9.17) is 9.72 Å². The van der Waals surface area contributed by atoms with Crippen molar-refractivity contribution >= 4 is 17.1 Å². The Morgan fingerprint density at radius 1 is 0.605 bits per heavy atom. The molecule has 8 rings (SSSR count). The quantitative estimate of drug-likeness (QED) is 0.218. The van der Waals surface area contributed by atoms with Crippen LogP contribution in [0.2, 0.25) is 0 Å². The summed E-state index contributed by atoms with van der Waals surface area (Å²) >= 11 is 0. The molecule has 0 N–H and O–H groups in total. The predicted molar refractivity (Wildman–Crippen MR) is 155 cm³/mol. The SMILES string of the molecule is C1=CC2=[N+](c3ccccc3)c3cc4c(cc3OC2C=C1)-c1ncccc1-c1ccccc1-c1ccccc1-4. The molecule has 1 aliphatic heterocycles. The maximum atomic E-state index is 6.65. The molecule has 1 atom stereocenters. The topological polar surface area (TPSA) is 25.1 Å². The third kappa shape index (κ3) is 3.09. The largest absolute Gasteiger partial charge is 0.468 e. The summed E-state index contributed by atoms with van der Waals surface area (Å²) < 4.78 is 8.99. The molecule has 3 nitrogen and oxygen atoms in total. The van der Waals surface area contributed by atoms with Crippen molar-refractivity contribution in [2.45, 2.75) is 6.10 Å². The van der Waals surface area contributed by atoms with E-state index < -0.39 is 0 Å². The first-order chi connectivity index (χ1) is 18.9. The highest BCUT2D eigenvalue weighted by atomic mass is 16.5. The Hall–Kier alpha value is -5.02. The lowest BCUT2D eigenvalue weighted by Gasteiger charge is -2.27. The van der Waals surface area contributed by atoms with Crippen molar-refractivity contribution < 1.29 is 4.74 Å². The molecule has 178 valence electrons. The lowest BCUT2D eigenvalue weighted by atomic mass is 9.82. The Kier molecular flexibility index (Phi) is 4.58. The van der Waals surface area contributed by atoms with E-state index in [1.807, 2.05) is 12.3 Å². The van der Waals surface area contributed by atoms with Gasteiger partial charge in [0.1, 0.15) is 0 Å². The summed E-state index contributed by atoms with van der Waals surface area (Å²) in [4.78, 5) is 4.94. The summed E-state index contributed by atoms with van der Waals surface area (Å²) in [5.41, 5.74) is 12.4. The van der Waals surface area contributed by atoms with Crippen LogP contribution in [0.3, 0.4) is 0 Å². The summed E-state index contributed by atoms with van der Waals surface area (Å²) in [5, 5.41) is 0. The fraction of sp³-hybridized carbons (Fsp3) is 0.0286. The van der Waals surface area contributed by atoms with Crippen molar-refractivity contribution in [1.29, 1.82) is 0 Å². The van der Waals surface area contributed by atoms with Gasteiger partial charge in [0.15, 0.2) is 5.75 Å². The van der Waals surface area contributed by atoms with Crippen LogP contribution in [0.4, 0.5) is 11.4 Å². The molecule has 0 saturated heterocycles. The van der Waals surface area contributed by atoms with Gasteiger partial charge < -0.3 is 4.74 Å². The average Bonchev–Trinajstić information content (AvgIpc) is 2.99. The number of ether oxygens (including phenoxy) is 1. The zero-order chi connectivity index (χ0) is 25.1. The molecule has 2 heterocycles. The van der Waals surface area contributed by atoms with Crippen LogP contribution in [0, 0.1) is 0 Å². The molecule has 3 aliphatic rings. The number of pyridine rings is 1. The number of rotatable bonds is 1. The second-order valence-corrected chi connectivity index (χ2v) is 9.73. The van der Waals surface area contributed by atoms with Gasteiger partial charge in [-0.25, -0.2) is 0 Å². The molecular weight excluding hydrogens is 464 g/mol. The second kappa shape index (κ2) is 8.25. The molecule has 5 aromatic rings. The van der Waals surface area contributed by atoms with Crippen molar-refractivity contribution in [2.24, 2.45) is 0 Å². The minimum atomic E-state index is -0.157. The van der Waals surface area contributed by atoms with E-state index in [1.165, 1.54) is 22.3 Å². The number of aromatic nitrogens is 1. The number of benzene rings is 4. The van der Waals surface area contributed by atoms with Gasteiger partial charge >= 0.3 is 0 Å². The third-order valence-electron chi connectivity index (χ3n) is 7.61. The van der Waals surface area contributed by atoms with E-state index in [-0.39, 0.29) is 6.10 Å². The first-order valence-electron chi connectivity index (χ1n) is 12.9. The Labute approximate surface area is 221 Å². The standard InChI is InChI=1S/C35H23N2O/c1-2-11-23(12-3-1)37-31-18-8-9-19-33(31)38-34-22-30-29(21-32(34)37)27-16-7-5-14-25(27)24-13-4-6-15-26(24)28-17-10-20-36-35(28)30/h1-22,33H/q+1. The highest BCUT2D eigenvalue weighted by molar-refractivity contribution is 6.08. The Morgan fingerprint density at radius 2 is 1.26 bits per heavy atom. The van der Waals surface area contributed by atoms with Crippen LogP contribution >= 0.6 is 0 Å². The highest BCUT2D eigenvalue weighted by Gasteiger charge is 2.37. The predicted octanol–water partition coefficient (Wildman–Crippen LogP) is 8.23. The van der Waals surface area contributed by atoms with E-state index in [0.717, 1.165) is 45.2 Å². The summed E-state index contributed by atoms with van der Waals surface area (Å²) in [6.07, 6.45) is 10.1. The van der Waals surface area contributed by atoms with Crippen LogP contribution in [-0.4, -0.2) is 16.8 Å². The molecule has 0 spiro atoms. The molecule has 0 bridgehead atoms. The lowest BCUT2D eigenvalue weighted by Crippen LogP contribution is -2.36. The van der Waals surface area contributed by atoms with Crippen LogP contribution in [0.25, 0.3) is 44.6 Å². The van der Waals surface area contributed by atoms with E-state index in [9.17, 15) is 0 Å². The monoisotopic (exact) mass is 487 g/mol. The van der Waals surface area contributed by atoms with E-state index >= 15 is 0 Å². The van der Waals surface area contributed by atoms with Crippen LogP contribution in [0.5, 0.6) is 5.75 Å². The Bertz CT molecular complexity index is 1850. The maximum absolute atomic E-state index is 6.65. The molecule has 0 amide bonds. The van der Waals surface area contributed by atoms with Crippen LogP contribution < -0.4 is 9.31 Å². The maximum Gasteiger partial charge on any atom is 0.254 e. The smallest absolute Gasteiger partial charge is 0.254 e. The van der Waals surface area contributed by atoms with E-state index in [1.54, 1.807) is 0 Å². The summed E-state index contributed by atoms with van der Waals surface area (Å²) in [6, 6.07) is 36.6. The Morgan fingerprint density at radius 3 is 2.03 bits per heavy atom. The van der Waals surface area contributed by atoms with Crippen molar-refractivity contribution in [3.63, 3.8) is 0 Å². The van der Waals surface area contributed by atoms with Crippen molar-refractivity contribution in [3.05, 3.63) is 134 Å². The number of hydrogen-bond acceptors (Lipinski definition) is 2. The van der Waals surface area contributed by atoms with Gasteiger partial charge in [-0.3, -0.25) is 4.98 Å². The second-order valence-electron chi connectivity index (χ2n) is 9.73.